The smallest absolute Gasteiger partial charge is 0.266 e. The number of hydrogen-bond donors (Lipinski definition) is 2. The minimum Gasteiger partial charge on any atom is -0.350 e. The van der Waals surface area contributed by atoms with Crippen LogP contribution in [0.5, 0.6) is 0 Å². The Labute approximate surface area is 193 Å². The van der Waals surface area contributed by atoms with Crippen LogP contribution >= 0.6 is 0 Å². The quantitative estimate of drug-likeness (QED) is 0.400. The van der Waals surface area contributed by atoms with Gasteiger partial charge in [0.1, 0.15) is 23.6 Å². The van der Waals surface area contributed by atoms with Gasteiger partial charge in [-0.15, -0.1) is 0 Å². The minimum atomic E-state index is -2.96. The van der Waals surface area contributed by atoms with E-state index >= 15 is 0 Å². The fourth-order valence-electron chi connectivity index (χ4n) is 4.40. The van der Waals surface area contributed by atoms with Gasteiger partial charge in [-0.3, -0.25) is 4.79 Å². The summed E-state index contributed by atoms with van der Waals surface area (Å²) in [7, 11) is 0. The molecular formula is C25H22F3N5O. The largest absolute Gasteiger partial charge is 0.350 e. The number of alkyl halides is 2. The number of aryl methyl sites for hydroxylation is 1. The molecule has 1 saturated carbocycles. The van der Waals surface area contributed by atoms with Gasteiger partial charge in [0.05, 0.1) is 22.0 Å². The van der Waals surface area contributed by atoms with Crippen molar-refractivity contribution in [1.29, 1.82) is 0 Å². The lowest BCUT2D eigenvalue weighted by Gasteiger charge is -2.22. The number of nitrogens with two attached hydrogens (primary N) is 1. The number of nitrogens with one attached hydrogen (secondary N) is 1. The highest BCUT2D eigenvalue weighted by atomic mass is 19.3. The fourth-order valence-corrected chi connectivity index (χ4v) is 4.40. The maximum absolute atomic E-state index is 14.7. The van der Waals surface area contributed by atoms with Crippen LogP contribution in [0.25, 0.3) is 10.9 Å². The van der Waals surface area contributed by atoms with Crippen molar-refractivity contribution in [3.05, 3.63) is 99.5 Å². The molecule has 0 amide bonds. The Bertz CT molecular complexity index is 1430. The van der Waals surface area contributed by atoms with E-state index in [2.05, 4.69) is 15.3 Å². The molecule has 34 heavy (non-hydrogen) atoms. The normalized spacial score (nSPS) is 15.5. The number of nitrogens with zero attached hydrogens (tertiary/aromatic N) is 3. The van der Waals surface area contributed by atoms with E-state index in [0.717, 1.165) is 24.5 Å². The Hall–Kier alpha value is -3.72. The fraction of sp³-hybridized carbons (Fsp3) is 0.240. The van der Waals surface area contributed by atoms with Crippen LogP contribution in [0.2, 0.25) is 0 Å². The van der Waals surface area contributed by atoms with Crippen molar-refractivity contribution >= 4 is 16.7 Å². The third-order valence-electron chi connectivity index (χ3n) is 6.26. The Balaban J connectivity index is 1.59. The molecule has 1 atom stereocenters. The summed E-state index contributed by atoms with van der Waals surface area (Å²) < 4.78 is 42.6. The molecule has 1 fully saturated rings. The summed E-state index contributed by atoms with van der Waals surface area (Å²) in [6.07, 6.45) is -0.804. The molecule has 2 aromatic heterocycles. The number of rotatable bonds is 6. The molecule has 0 spiro atoms. The average molecular weight is 465 g/mol. The van der Waals surface area contributed by atoms with Gasteiger partial charge < -0.3 is 15.6 Å². The molecule has 9 heteroatoms. The van der Waals surface area contributed by atoms with Crippen molar-refractivity contribution in [3.8, 4) is 0 Å². The summed E-state index contributed by atoms with van der Waals surface area (Å²) >= 11 is 0. The molecule has 2 aromatic carbocycles. The topological polar surface area (TPSA) is 85.8 Å². The van der Waals surface area contributed by atoms with Gasteiger partial charge in [-0.25, -0.2) is 23.1 Å². The molecule has 2 heterocycles. The van der Waals surface area contributed by atoms with Crippen molar-refractivity contribution in [2.24, 2.45) is 5.73 Å². The van der Waals surface area contributed by atoms with Gasteiger partial charge in [-0.2, -0.15) is 0 Å². The van der Waals surface area contributed by atoms with E-state index in [1.54, 1.807) is 17.7 Å². The highest BCUT2D eigenvalue weighted by Gasteiger charge is 2.46. The predicted molar refractivity (Wildman–Crippen MR) is 123 cm³/mol. The lowest BCUT2D eigenvalue weighted by atomic mass is 10.0. The van der Waals surface area contributed by atoms with Crippen LogP contribution in [-0.2, 0) is 5.54 Å². The zero-order chi connectivity index (χ0) is 24.0. The van der Waals surface area contributed by atoms with Crippen LogP contribution in [0.15, 0.2) is 65.6 Å². The Morgan fingerprint density at radius 1 is 1.06 bits per heavy atom. The minimum absolute atomic E-state index is 0.113. The number of fused-ring (bicyclic) bond motifs is 1. The van der Waals surface area contributed by atoms with Crippen molar-refractivity contribution < 1.29 is 13.2 Å². The first-order valence-electron chi connectivity index (χ1n) is 10.9. The zero-order valence-electron chi connectivity index (χ0n) is 18.3. The molecular weight excluding hydrogens is 443 g/mol. The van der Waals surface area contributed by atoms with E-state index in [-0.39, 0.29) is 16.9 Å². The summed E-state index contributed by atoms with van der Waals surface area (Å²) in [5.41, 5.74) is 6.14. The maximum atomic E-state index is 14.7. The molecule has 0 saturated heterocycles. The van der Waals surface area contributed by atoms with E-state index in [1.807, 2.05) is 30.3 Å². The summed E-state index contributed by atoms with van der Waals surface area (Å²) in [5, 5.41) is 3.46. The molecule has 5 rings (SSSR count). The standard InChI is InChI=1S/C25H22F3N5O/c1-14-30-19-12-20(34)33(25(10-11-25)15-6-3-2-4-7-15)13-18(19)24(31-14)32-23(29)17-9-5-8-16(21(17)26)22(27)28/h2-9,12-13,22-23H,10-11,29H2,1H3,(H,30,31,32). The Morgan fingerprint density at radius 2 is 1.76 bits per heavy atom. The number of benzene rings is 2. The molecule has 1 aliphatic rings. The van der Waals surface area contributed by atoms with Gasteiger partial charge in [-0.1, -0.05) is 48.5 Å². The highest BCUT2D eigenvalue weighted by molar-refractivity contribution is 5.88. The van der Waals surface area contributed by atoms with Crippen LogP contribution in [0, 0.1) is 12.7 Å². The van der Waals surface area contributed by atoms with E-state index in [4.69, 9.17) is 5.73 Å². The zero-order valence-corrected chi connectivity index (χ0v) is 18.3. The molecule has 6 nitrogen and oxygen atoms in total. The van der Waals surface area contributed by atoms with E-state index < -0.39 is 29.5 Å². The van der Waals surface area contributed by atoms with Crippen LogP contribution < -0.4 is 16.6 Å². The second-order valence-corrected chi connectivity index (χ2v) is 8.47. The summed E-state index contributed by atoms with van der Waals surface area (Å²) in [4.78, 5) is 21.8. The Morgan fingerprint density at radius 3 is 2.44 bits per heavy atom. The van der Waals surface area contributed by atoms with Crippen molar-refractivity contribution in [2.45, 2.75) is 37.9 Å². The average Bonchev–Trinajstić information content (AvgIpc) is 3.61. The number of hydrogen-bond acceptors (Lipinski definition) is 5. The maximum Gasteiger partial charge on any atom is 0.266 e. The third kappa shape index (κ3) is 3.71. The molecule has 4 aromatic rings. The first kappa shape index (κ1) is 22.1. The van der Waals surface area contributed by atoms with Crippen molar-refractivity contribution in [2.75, 3.05) is 5.32 Å². The van der Waals surface area contributed by atoms with Gasteiger partial charge in [0.15, 0.2) is 0 Å². The second-order valence-electron chi connectivity index (χ2n) is 8.47. The molecule has 3 N–H and O–H groups in total. The summed E-state index contributed by atoms with van der Waals surface area (Å²) in [6.45, 7) is 1.66. The first-order chi connectivity index (χ1) is 16.3. The number of pyridine rings is 1. The Kier molecular flexibility index (Phi) is 5.36. The van der Waals surface area contributed by atoms with E-state index in [1.165, 1.54) is 18.2 Å². The van der Waals surface area contributed by atoms with E-state index in [0.29, 0.717) is 16.7 Å². The van der Waals surface area contributed by atoms with Crippen LogP contribution in [-0.4, -0.2) is 14.5 Å². The monoisotopic (exact) mass is 465 g/mol. The van der Waals surface area contributed by atoms with Gasteiger partial charge in [-0.05, 0) is 25.3 Å². The number of anilines is 1. The number of aromatic nitrogens is 3. The van der Waals surface area contributed by atoms with Crippen LogP contribution in [0.1, 0.15) is 47.9 Å². The number of halogens is 3. The molecule has 174 valence electrons. The third-order valence-corrected chi connectivity index (χ3v) is 6.26. The van der Waals surface area contributed by atoms with Crippen LogP contribution in [0.3, 0.4) is 0 Å². The SMILES string of the molecule is Cc1nc(NC(N)c2cccc(C(F)F)c2F)c2cn(C3(c4ccccc4)CC3)c(=O)cc2n1. The highest BCUT2D eigenvalue weighted by Crippen LogP contribution is 2.48. The van der Waals surface area contributed by atoms with Crippen molar-refractivity contribution in [3.63, 3.8) is 0 Å². The lowest BCUT2D eigenvalue weighted by Crippen LogP contribution is -2.31. The van der Waals surface area contributed by atoms with E-state index in [9.17, 15) is 18.0 Å². The molecule has 0 aliphatic heterocycles. The van der Waals surface area contributed by atoms with Gasteiger partial charge in [0, 0.05) is 17.8 Å². The molecule has 1 aliphatic carbocycles. The van der Waals surface area contributed by atoms with Crippen molar-refractivity contribution in [1.82, 2.24) is 14.5 Å². The van der Waals surface area contributed by atoms with Gasteiger partial charge >= 0.3 is 0 Å². The summed E-state index contributed by atoms with van der Waals surface area (Å²) in [6, 6.07) is 14.9. The molecule has 0 radical (unpaired) electrons. The first-order valence-corrected chi connectivity index (χ1v) is 10.9. The summed E-state index contributed by atoms with van der Waals surface area (Å²) in [5.74, 6) is -0.398. The van der Waals surface area contributed by atoms with Gasteiger partial charge in [0.25, 0.3) is 12.0 Å². The van der Waals surface area contributed by atoms with Crippen LogP contribution in [0.4, 0.5) is 19.0 Å². The predicted octanol–water partition coefficient (Wildman–Crippen LogP) is 4.78. The molecule has 0 bridgehead atoms. The lowest BCUT2D eigenvalue weighted by molar-refractivity contribution is 0.146. The molecule has 1 unspecified atom stereocenters. The second kappa shape index (κ2) is 8.25. The van der Waals surface area contributed by atoms with Gasteiger partial charge in [0.2, 0.25) is 0 Å².